The lowest BCUT2D eigenvalue weighted by molar-refractivity contribution is -0.426. The van der Waals surface area contributed by atoms with E-state index in [1.54, 1.807) is 0 Å². The summed E-state index contributed by atoms with van der Waals surface area (Å²) in [6.45, 7) is 0.158. The molecule has 218 valence electrons. The summed E-state index contributed by atoms with van der Waals surface area (Å²) in [6, 6.07) is 0. The summed E-state index contributed by atoms with van der Waals surface area (Å²) in [7, 11) is -6.62. The summed E-state index contributed by atoms with van der Waals surface area (Å²) in [4.78, 5) is 0. The van der Waals surface area contributed by atoms with Gasteiger partial charge in [0, 0.05) is 42.7 Å². The maximum absolute atomic E-state index is 14.6. The Labute approximate surface area is 200 Å². The molecule has 2 unspecified atom stereocenters. The van der Waals surface area contributed by atoms with E-state index >= 15 is 0 Å². The average Bonchev–Trinajstić information content (AvgIpc) is 2.81. The van der Waals surface area contributed by atoms with Crippen molar-refractivity contribution in [3.05, 3.63) is 0 Å². The second-order valence-corrected chi connectivity index (χ2v) is 14.0. The molecule has 2 atom stereocenters. The third-order valence-electron chi connectivity index (χ3n) is 5.88. The molecule has 0 heterocycles. The molecule has 36 heavy (non-hydrogen) atoms. The van der Waals surface area contributed by atoms with Crippen LogP contribution in [-0.2, 0) is 26.6 Å². The molecule has 0 aromatic heterocycles. The third kappa shape index (κ3) is 4.68. The first-order valence-electron chi connectivity index (χ1n) is 9.50. The van der Waals surface area contributed by atoms with Gasteiger partial charge in [-0.1, -0.05) is 13.8 Å². The third-order valence-corrected chi connectivity index (χ3v) is 12.1. The van der Waals surface area contributed by atoms with E-state index in [4.69, 9.17) is 0 Å². The van der Waals surface area contributed by atoms with Crippen molar-refractivity contribution in [2.75, 3.05) is 42.7 Å². The molecule has 0 spiro atoms. The van der Waals surface area contributed by atoms with Gasteiger partial charge in [-0.05, 0) is 0 Å². The molecule has 0 N–H and O–H groups in total. The number of halogens is 12. The van der Waals surface area contributed by atoms with Crippen molar-refractivity contribution in [1.82, 2.24) is 0 Å². The molecule has 0 aliphatic heterocycles. The van der Waals surface area contributed by atoms with Crippen molar-refractivity contribution in [2.45, 2.75) is 60.5 Å². The zero-order valence-electron chi connectivity index (χ0n) is 20.1. The fourth-order valence-corrected chi connectivity index (χ4v) is 7.73. The Kier molecular flexibility index (Phi) is 10.7. The number of rotatable bonds is 15. The SMILES string of the molecule is CO[Si](OC)(OC)C(C)C(F)(F)C(F)(F)C(F)(F)C(F)(F)C(F)(F)C(F)(F)C(C)[Si](OC)(OC)OC. The molecule has 0 aliphatic carbocycles. The largest absolute Gasteiger partial charge is 0.509 e. The molecule has 0 saturated carbocycles. The smallest absolute Gasteiger partial charge is 0.377 e. The molecule has 0 aromatic rings. The van der Waals surface area contributed by atoms with E-state index in [-0.39, 0.29) is 13.8 Å². The molecule has 0 rings (SSSR count). The molecule has 0 saturated heterocycles. The summed E-state index contributed by atoms with van der Waals surface area (Å²) in [5.41, 5.74) is -6.52. The van der Waals surface area contributed by atoms with E-state index in [2.05, 4.69) is 26.6 Å². The van der Waals surface area contributed by atoms with Crippen molar-refractivity contribution in [3.63, 3.8) is 0 Å². The van der Waals surface area contributed by atoms with E-state index in [1.807, 2.05) is 0 Å². The maximum Gasteiger partial charge on any atom is 0.509 e. The zero-order valence-corrected chi connectivity index (χ0v) is 22.1. The highest BCUT2D eigenvalue weighted by Gasteiger charge is 2.92. The van der Waals surface area contributed by atoms with E-state index < -0.39 is 64.2 Å². The molecular formula is C16H26F12O6Si2. The first-order chi connectivity index (χ1) is 15.9. The lowest BCUT2D eigenvalue weighted by Gasteiger charge is -2.45. The predicted octanol–water partition coefficient (Wildman–Crippen LogP) is 5.33. The lowest BCUT2D eigenvalue weighted by atomic mass is 9.89. The lowest BCUT2D eigenvalue weighted by Crippen LogP contribution is -2.73. The van der Waals surface area contributed by atoms with Gasteiger partial charge in [0.2, 0.25) is 0 Å². The molecule has 0 aliphatic rings. The van der Waals surface area contributed by atoms with Crippen molar-refractivity contribution in [2.24, 2.45) is 0 Å². The Morgan fingerprint density at radius 1 is 0.389 bits per heavy atom. The maximum atomic E-state index is 14.6. The zero-order chi connectivity index (χ0) is 29.4. The van der Waals surface area contributed by atoms with Gasteiger partial charge in [0.05, 0.1) is 11.1 Å². The number of hydrogen-bond donors (Lipinski definition) is 0. The Hall–Kier alpha value is -0.646. The Morgan fingerprint density at radius 3 is 0.694 bits per heavy atom. The average molecular weight is 599 g/mol. The molecular weight excluding hydrogens is 572 g/mol. The minimum Gasteiger partial charge on any atom is -0.377 e. The van der Waals surface area contributed by atoms with E-state index in [1.165, 1.54) is 0 Å². The standard InChI is InChI=1S/C16H26F12O6Si2/c1-9(35(29-3,30-4)31-5)11(17,18)13(21,22)15(25,26)16(27,28)14(23,24)12(19,20)10(2)36(32-6,33-7)34-8/h9-10H,1-8H3. The normalized spacial score (nSPS) is 17.3. The molecule has 0 bridgehead atoms. The van der Waals surface area contributed by atoms with Crippen LogP contribution in [0.1, 0.15) is 13.8 Å². The Balaban J connectivity index is 6.92. The second-order valence-electron chi connectivity index (χ2n) is 7.42. The summed E-state index contributed by atoms with van der Waals surface area (Å²) in [5.74, 6) is -43.0. The van der Waals surface area contributed by atoms with Crippen LogP contribution in [-0.4, -0.2) is 95.8 Å². The van der Waals surface area contributed by atoms with Crippen molar-refractivity contribution in [3.8, 4) is 0 Å². The van der Waals surface area contributed by atoms with Gasteiger partial charge in [-0.3, -0.25) is 0 Å². The van der Waals surface area contributed by atoms with Crippen LogP contribution in [0.5, 0.6) is 0 Å². The van der Waals surface area contributed by atoms with Gasteiger partial charge < -0.3 is 26.6 Å². The summed E-state index contributed by atoms with van der Waals surface area (Å²) in [5, 5.41) is 0. The molecule has 6 nitrogen and oxygen atoms in total. The Bertz CT molecular complexity index is 658. The molecule has 0 fully saturated rings. The van der Waals surface area contributed by atoms with Crippen molar-refractivity contribution in [1.29, 1.82) is 0 Å². The second kappa shape index (κ2) is 10.8. The Morgan fingerprint density at radius 2 is 0.556 bits per heavy atom. The van der Waals surface area contributed by atoms with Crippen LogP contribution in [0, 0.1) is 0 Å². The van der Waals surface area contributed by atoms with E-state index in [0.29, 0.717) is 42.7 Å². The van der Waals surface area contributed by atoms with Crippen LogP contribution in [0.3, 0.4) is 0 Å². The fraction of sp³-hybridized carbons (Fsp3) is 1.00. The fourth-order valence-electron chi connectivity index (χ4n) is 3.36. The minimum absolute atomic E-state index is 0.0788. The van der Waals surface area contributed by atoms with E-state index in [9.17, 15) is 52.7 Å². The van der Waals surface area contributed by atoms with Crippen molar-refractivity contribution < 1.29 is 79.2 Å². The summed E-state index contributed by atoms with van der Waals surface area (Å²) in [6.07, 6.45) is 0. The van der Waals surface area contributed by atoms with Gasteiger partial charge in [-0.2, -0.15) is 52.7 Å². The van der Waals surface area contributed by atoms with Crippen LogP contribution in [0.4, 0.5) is 52.7 Å². The topological polar surface area (TPSA) is 55.4 Å². The van der Waals surface area contributed by atoms with Crippen LogP contribution >= 0.6 is 0 Å². The first-order valence-corrected chi connectivity index (χ1v) is 13.1. The van der Waals surface area contributed by atoms with Crippen LogP contribution in [0.25, 0.3) is 0 Å². The molecule has 0 amide bonds. The highest BCUT2D eigenvalue weighted by molar-refractivity contribution is 6.63. The first kappa shape index (κ1) is 35.4. The van der Waals surface area contributed by atoms with Crippen LogP contribution in [0.15, 0.2) is 0 Å². The van der Waals surface area contributed by atoms with Gasteiger partial charge in [0.1, 0.15) is 0 Å². The van der Waals surface area contributed by atoms with Crippen LogP contribution in [0.2, 0.25) is 11.1 Å². The quantitative estimate of drug-likeness (QED) is 0.188. The van der Waals surface area contributed by atoms with Crippen molar-refractivity contribution >= 4 is 17.6 Å². The van der Waals surface area contributed by atoms with Gasteiger partial charge >= 0.3 is 53.1 Å². The van der Waals surface area contributed by atoms with Gasteiger partial charge in [-0.25, -0.2) is 0 Å². The highest BCUT2D eigenvalue weighted by Crippen LogP contribution is 2.64. The predicted molar refractivity (Wildman–Crippen MR) is 102 cm³/mol. The van der Waals surface area contributed by atoms with E-state index in [0.717, 1.165) is 0 Å². The number of hydrogen-bond acceptors (Lipinski definition) is 6. The monoisotopic (exact) mass is 598 g/mol. The van der Waals surface area contributed by atoms with Gasteiger partial charge in [0.25, 0.3) is 0 Å². The molecule has 0 aromatic carbocycles. The van der Waals surface area contributed by atoms with Gasteiger partial charge in [0.15, 0.2) is 0 Å². The number of alkyl halides is 12. The molecule has 0 radical (unpaired) electrons. The van der Waals surface area contributed by atoms with Gasteiger partial charge in [-0.15, -0.1) is 0 Å². The highest BCUT2D eigenvalue weighted by atomic mass is 28.4. The minimum atomic E-state index is -7.78. The van der Waals surface area contributed by atoms with Crippen LogP contribution < -0.4 is 0 Å². The molecule has 20 heteroatoms. The summed E-state index contributed by atoms with van der Waals surface area (Å²) < 4.78 is 201. The summed E-state index contributed by atoms with van der Waals surface area (Å²) >= 11 is 0.